The zero-order valence-electron chi connectivity index (χ0n) is 13.4. The standard InChI is InChI=1S/C16H18BrN3O4/c1-3-4-13-19-16(24-20-13)10(2)23-14(21)9-18-15(22)11-5-7-12(17)8-6-11/h5-8,10H,3-4,9H2,1-2H3,(H,18,22). The molecular formula is C16H18BrN3O4. The quantitative estimate of drug-likeness (QED) is 0.724. The van der Waals surface area contributed by atoms with Crippen LogP contribution in [-0.4, -0.2) is 28.6 Å². The highest BCUT2D eigenvalue weighted by molar-refractivity contribution is 9.10. The van der Waals surface area contributed by atoms with E-state index in [1.54, 1.807) is 31.2 Å². The van der Waals surface area contributed by atoms with Gasteiger partial charge in [-0.2, -0.15) is 4.98 Å². The lowest BCUT2D eigenvalue weighted by atomic mass is 10.2. The molecule has 0 aliphatic heterocycles. The highest BCUT2D eigenvalue weighted by Crippen LogP contribution is 2.15. The topological polar surface area (TPSA) is 94.3 Å². The third kappa shape index (κ3) is 5.16. The lowest BCUT2D eigenvalue weighted by Crippen LogP contribution is -2.31. The summed E-state index contributed by atoms with van der Waals surface area (Å²) in [6.45, 7) is 3.40. The van der Waals surface area contributed by atoms with Crippen LogP contribution in [0, 0.1) is 0 Å². The van der Waals surface area contributed by atoms with Crippen LogP contribution in [0.1, 0.15) is 48.4 Å². The zero-order chi connectivity index (χ0) is 17.5. The van der Waals surface area contributed by atoms with E-state index in [0.29, 0.717) is 17.8 Å². The number of hydrogen-bond acceptors (Lipinski definition) is 6. The van der Waals surface area contributed by atoms with Crippen LogP contribution in [-0.2, 0) is 16.0 Å². The number of rotatable bonds is 7. The van der Waals surface area contributed by atoms with Crippen molar-refractivity contribution >= 4 is 27.8 Å². The fraction of sp³-hybridized carbons (Fsp3) is 0.375. The SMILES string of the molecule is CCCc1noc(C(C)OC(=O)CNC(=O)c2ccc(Br)cc2)n1. The molecule has 0 saturated carbocycles. The minimum atomic E-state index is -0.666. The summed E-state index contributed by atoms with van der Waals surface area (Å²) in [4.78, 5) is 27.9. The first-order chi connectivity index (χ1) is 11.5. The number of carbonyl (C=O) groups is 2. The molecule has 0 aliphatic carbocycles. The van der Waals surface area contributed by atoms with Gasteiger partial charge in [-0.05, 0) is 37.6 Å². The molecule has 1 N–H and O–H groups in total. The zero-order valence-corrected chi connectivity index (χ0v) is 15.0. The molecule has 0 radical (unpaired) electrons. The highest BCUT2D eigenvalue weighted by Gasteiger charge is 2.19. The van der Waals surface area contributed by atoms with E-state index in [1.807, 2.05) is 6.92 Å². The molecule has 1 unspecified atom stereocenters. The maximum atomic E-state index is 11.9. The Morgan fingerprint density at radius 2 is 2.04 bits per heavy atom. The molecule has 0 aliphatic rings. The van der Waals surface area contributed by atoms with E-state index in [9.17, 15) is 9.59 Å². The minimum Gasteiger partial charge on any atom is -0.451 e. The Morgan fingerprint density at radius 3 is 2.71 bits per heavy atom. The van der Waals surface area contributed by atoms with Crippen LogP contribution in [0.2, 0.25) is 0 Å². The molecule has 8 heteroatoms. The Morgan fingerprint density at radius 1 is 1.33 bits per heavy atom. The summed E-state index contributed by atoms with van der Waals surface area (Å²) in [7, 11) is 0. The van der Waals surface area contributed by atoms with Crippen LogP contribution in [0.5, 0.6) is 0 Å². The van der Waals surface area contributed by atoms with E-state index >= 15 is 0 Å². The predicted molar refractivity (Wildman–Crippen MR) is 89.3 cm³/mol. The van der Waals surface area contributed by atoms with Gasteiger partial charge in [0.2, 0.25) is 0 Å². The van der Waals surface area contributed by atoms with E-state index in [2.05, 4.69) is 31.4 Å². The summed E-state index contributed by atoms with van der Waals surface area (Å²) in [5.41, 5.74) is 0.458. The molecule has 0 bridgehead atoms. The van der Waals surface area contributed by atoms with Crippen LogP contribution >= 0.6 is 15.9 Å². The van der Waals surface area contributed by atoms with Gasteiger partial charge in [-0.3, -0.25) is 9.59 Å². The molecule has 2 rings (SSSR count). The fourth-order valence-electron chi connectivity index (χ4n) is 1.90. The Kier molecular flexibility index (Phi) is 6.48. The predicted octanol–water partition coefficient (Wildman–Crippen LogP) is 2.82. The molecule has 24 heavy (non-hydrogen) atoms. The summed E-state index contributed by atoms with van der Waals surface area (Å²) < 4.78 is 11.1. The van der Waals surface area contributed by atoms with Gasteiger partial charge in [0.15, 0.2) is 11.9 Å². The van der Waals surface area contributed by atoms with E-state index in [4.69, 9.17) is 9.26 Å². The van der Waals surface area contributed by atoms with Crippen molar-refractivity contribution in [2.45, 2.75) is 32.8 Å². The normalized spacial score (nSPS) is 11.8. The molecule has 1 aromatic heterocycles. The van der Waals surface area contributed by atoms with Crippen molar-refractivity contribution in [3.8, 4) is 0 Å². The van der Waals surface area contributed by atoms with Crippen molar-refractivity contribution in [1.82, 2.24) is 15.5 Å². The van der Waals surface area contributed by atoms with E-state index in [0.717, 1.165) is 10.9 Å². The van der Waals surface area contributed by atoms with Gasteiger partial charge in [-0.1, -0.05) is 28.0 Å². The lowest BCUT2D eigenvalue weighted by Gasteiger charge is -2.10. The number of amides is 1. The van der Waals surface area contributed by atoms with Crippen LogP contribution in [0.3, 0.4) is 0 Å². The molecule has 2 aromatic rings. The van der Waals surface area contributed by atoms with E-state index in [1.165, 1.54) is 0 Å². The maximum absolute atomic E-state index is 11.9. The number of aromatic nitrogens is 2. The number of aryl methyl sites for hydroxylation is 1. The van der Waals surface area contributed by atoms with Crippen molar-refractivity contribution < 1.29 is 18.8 Å². The van der Waals surface area contributed by atoms with Crippen molar-refractivity contribution in [3.63, 3.8) is 0 Å². The second-order valence-corrected chi connectivity index (χ2v) is 6.04. The van der Waals surface area contributed by atoms with Crippen molar-refractivity contribution in [2.75, 3.05) is 6.54 Å². The molecule has 1 aromatic carbocycles. The second-order valence-electron chi connectivity index (χ2n) is 5.12. The molecule has 0 spiro atoms. The van der Waals surface area contributed by atoms with Gasteiger partial charge >= 0.3 is 5.97 Å². The largest absolute Gasteiger partial charge is 0.451 e. The molecule has 0 saturated heterocycles. The minimum absolute atomic E-state index is 0.241. The maximum Gasteiger partial charge on any atom is 0.326 e. The summed E-state index contributed by atoms with van der Waals surface area (Å²) in [6, 6.07) is 6.81. The number of ether oxygens (including phenoxy) is 1. The third-order valence-electron chi connectivity index (χ3n) is 3.11. The van der Waals surface area contributed by atoms with Crippen LogP contribution in [0.15, 0.2) is 33.3 Å². The Bertz CT molecular complexity index is 700. The average molecular weight is 396 g/mol. The van der Waals surface area contributed by atoms with Crippen LogP contribution in [0.4, 0.5) is 0 Å². The second kappa shape index (κ2) is 8.58. The van der Waals surface area contributed by atoms with Crippen molar-refractivity contribution in [3.05, 3.63) is 46.0 Å². The van der Waals surface area contributed by atoms with E-state index in [-0.39, 0.29) is 18.3 Å². The molecule has 0 fully saturated rings. The number of esters is 1. The summed E-state index contributed by atoms with van der Waals surface area (Å²) in [5, 5.41) is 6.31. The average Bonchev–Trinajstić information content (AvgIpc) is 3.02. The molecular weight excluding hydrogens is 378 g/mol. The molecule has 1 heterocycles. The Balaban J connectivity index is 1.81. The Labute approximate surface area is 147 Å². The molecule has 1 atom stereocenters. The van der Waals surface area contributed by atoms with E-state index < -0.39 is 12.1 Å². The molecule has 128 valence electrons. The van der Waals surface area contributed by atoms with Gasteiger partial charge in [0.1, 0.15) is 6.54 Å². The first kappa shape index (κ1) is 18.1. The number of halogens is 1. The van der Waals surface area contributed by atoms with Crippen molar-refractivity contribution in [2.24, 2.45) is 0 Å². The van der Waals surface area contributed by atoms with Gasteiger partial charge in [0.05, 0.1) is 0 Å². The molecule has 1 amide bonds. The fourth-order valence-corrected chi connectivity index (χ4v) is 2.17. The smallest absolute Gasteiger partial charge is 0.326 e. The van der Waals surface area contributed by atoms with Gasteiger partial charge < -0.3 is 14.6 Å². The summed E-state index contributed by atoms with van der Waals surface area (Å²) in [6.07, 6.45) is 0.933. The monoisotopic (exact) mass is 395 g/mol. The van der Waals surface area contributed by atoms with Gasteiger partial charge in [-0.25, -0.2) is 0 Å². The third-order valence-corrected chi connectivity index (χ3v) is 3.64. The Hall–Kier alpha value is -2.22. The van der Waals surface area contributed by atoms with Gasteiger partial charge in [0.25, 0.3) is 11.8 Å². The summed E-state index contributed by atoms with van der Waals surface area (Å²) >= 11 is 3.29. The summed E-state index contributed by atoms with van der Waals surface area (Å²) in [5.74, 6) is -0.108. The number of nitrogens with one attached hydrogen (secondary N) is 1. The number of hydrogen-bond donors (Lipinski definition) is 1. The number of benzene rings is 1. The van der Waals surface area contributed by atoms with Crippen LogP contribution < -0.4 is 5.32 Å². The first-order valence-corrected chi connectivity index (χ1v) is 8.34. The number of nitrogens with zero attached hydrogens (tertiary/aromatic N) is 2. The van der Waals surface area contributed by atoms with Gasteiger partial charge in [-0.15, -0.1) is 0 Å². The van der Waals surface area contributed by atoms with Crippen molar-refractivity contribution in [1.29, 1.82) is 0 Å². The van der Waals surface area contributed by atoms with Gasteiger partial charge in [0, 0.05) is 16.5 Å². The van der Waals surface area contributed by atoms with Crippen LogP contribution in [0.25, 0.3) is 0 Å². The highest BCUT2D eigenvalue weighted by atomic mass is 79.9. The lowest BCUT2D eigenvalue weighted by molar-refractivity contribution is -0.148. The first-order valence-electron chi connectivity index (χ1n) is 7.55. The number of carbonyl (C=O) groups excluding carboxylic acids is 2. The molecule has 7 nitrogen and oxygen atoms in total.